The largest absolute Gasteiger partial charge is 0.418 e. The lowest BCUT2D eigenvalue weighted by molar-refractivity contribution is -0.137. The summed E-state index contributed by atoms with van der Waals surface area (Å²) in [5, 5.41) is 3.57. The second-order valence-electron chi connectivity index (χ2n) is 6.20. The highest BCUT2D eigenvalue weighted by molar-refractivity contribution is 5.55. The monoisotopic (exact) mass is 298 g/mol. The normalized spacial score (nSPS) is 22.5. The molecule has 1 heterocycles. The summed E-state index contributed by atoms with van der Waals surface area (Å²) in [7, 11) is 0. The number of para-hydroxylation sites is 1. The first-order valence-electron chi connectivity index (χ1n) is 7.66. The molecule has 0 aromatic heterocycles. The molecule has 21 heavy (non-hydrogen) atoms. The van der Waals surface area contributed by atoms with E-state index in [1.165, 1.54) is 31.4 Å². The zero-order valence-electron chi connectivity index (χ0n) is 12.0. The average Bonchev–Trinajstić information content (AvgIpc) is 2.47. The minimum Gasteiger partial charge on any atom is -0.368 e. The number of benzene rings is 1. The predicted octanol–water partition coefficient (Wildman–Crippen LogP) is 3.82. The van der Waals surface area contributed by atoms with Crippen LogP contribution in [0, 0.1) is 0 Å². The molecule has 0 radical (unpaired) electrons. The van der Waals surface area contributed by atoms with Crippen LogP contribution in [0.3, 0.4) is 0 Å². The Morgan fingerprint density at radius 1 is 1.05 bits per heavy atom. The second-order valence-corrected chi connectivity index (χ2v) is 6.20. The third kappa shape index (κ3) is 3.03. The predicted molar refractivity (Wildman–Crippen MR) is 77.5 cm³/mol. The number of nitrogens with zero attached hydrogens (tertiary/aromatic N) is 1. The molecule has 2 nitrogen and oxygen atoms in total. The maximum Gasteiger partial charge on any atom is 0.418 e. The Bertz CT molecular complexity index is 487. The van der Waals surface area contributed by atoms with Gasteiger partial charge in [0.2, 0.25) is 0 Å². The van der Waals surface area contributed by atoms with Crippen LogP contribution in [-0.4, -0.2) is 25.2 Å². The van der Waals surface area contributed by atoms with Crippen LogP contribution in [0.1, 0.15) is 37.7 Å². The highest BCUT2D eigenvalue weighted by Crippen LogP contribution is 2.39. The first-order chi connectivity index (χ1) is 10.0. The number of halogens is 3. The van der Waals surface area contributed by atoms with Gasteiger partial charge in [-0.3, -0.25) is 0 Å². The van der Waals surface area contributed by atoms with E-state index in [1.807, 2.05) is 4.90 Å². The minimum absolute atomic E-state index is 0.00914. The number of rotatable bonds is 1. The number of hydrogen-bond acceptors (Lipinski definition) is 2. The van der Waals surface area contributed by atoms with Crippen molar-refractivity contribution in [2.75, 3.05) is 24.5 Å². The minimum atomic E-state index is -4.29. The molecule has 1 spiro atoms. The Hall–Kier alpha value is -1.23. The van der Waals surface area contributed by atoms with E-state index in [4.69, 9.17) is 0 Å². The Morgan fingerprint density at radius 3 is 2.48 bits per heavy atom. The van der Waals surface area contributed by atoms with Crippen molar-refractivity contribution in [1.82, 2.24) is 5.32 Å². The van der Waals surface area contributed by atoms with Gasteiger partial charge in [-0.1, -0.05) is 31.4 Å². The molecule has 2 aliphatic rings. The van der Waals surface area contributed by atoms with Crippen LogP contribution in [0.5, 0.6) is 0 Å². The number of anilines is 1. The summed E-state index contributed by atoms with van der Waals surface area (Å²) in [4.78, 5) is 1.92. The van der Waals surface area contributed by atoms with E-state index >= 15 is 0 Å². The molecular formula is C16H21F3N2. The van der Waals surface area contributed by atoms with Gasteiger partial charge in [0.15, 0.2) is 0 Å². The van der Waals surface area contributed by atoms with Gasteiger partial charge in [0.05, 0.1) is 5.56 Å². The molecule has 3 rings (SSSR count). The highest BCUT2D eigenvalue weighted by Gasteiger charge is 2.39. The van der Waals surface area contributed by atoms with E-state index in [1.54, 1.807) is 12.1 Å². The van der Waals surface area contributed by atoms with Gasteiger partial charge >= 0.3 is 6.18 Å². The van der Waals surface area contributed by atoms with Gasteiger partial charge in [0, 0.05) is 30.9 Å². The van der Waals surface area contributed by atoms with Gasteiger partial charge in [0.1, 0.15) is 0 Å². The molecule has 116 valence electrons. The smallest absolute Gasteiger partial charge is 0.368 e. The topological polar surface area (TPSA) is 15.3 Å². The summed E-state index contributed by atoms with van der Waals surface area (Å²) in [5.74, 6) is 0. The lowest BCUT2D eigenvalue weighted by Crippen LogP contribution is -2.61. The van der Waals surface area contributed by atoms with Crippen LogP contribution in [0.25, 0.3) is 0 Å². The van der Waals surface area contributed by atoms with Crippen molar-refractivity contribution in [2.24, 2.45) is 0 Å². The van der Waals surface area contributed by atoms with Crippen molar-refractivity contribution in [3.05, 3.63) is 29.8 Å². The summed E-state index contributed by atoms with van der Waals surface area (Å²) in [6, 6.07) is 5.95. The number of hydrogen-bond donors (Lipinski definition) is 1. The lowest BCUT2D eigenvalue weighted by atomic mass is 9.80. The number of nitrogens with one attached hydrogen (secondary N) is 1. The first kappa shape index (κ1) is 14.7. The fourth-order valence-electron chi connectivity index (χ4n) is 3.71. The fourth-order valence-corrected chi connectivity index (χ4v) is 3.71. The van der Waals surface area contributed by atoms with E-state index in [2.05, 4.69) is 5.32 Å². The second kappa shape index (κ2) is 5.52. The van der Waals surface area contributed by atoms with Gasteiger partial charge in [-0.15, -0.1) is 0 Å². The van der Waals surface area contributed by atoms with Crippen molar-refractivity contribution in [1.29, 1.82) is 0 Å². The number of alkyl halides is 3. The standard InChI is InChI=1S/C16H21F3N2/c17-16(18,19)13-6-2-3-7-14(13)21-11-10-20-15(12-21)8-4-1-5-9-15/h2-3,6-7,20H,1,4-5,8-12H2. The van der Waals surface area contributed by atoms with Gasteiger partial charge in [0.25, 0.3) is 0 Å². The molecular weight excluding hydrogens is 277 g/mol. The van der Waals surface area contributed by atoms with Crippen LogP contribution >= 0.6 is 0 Å². The van der Waals surface area contributed by atoms with Gasteiger partial charge in [-0.2, -0.15) is 13.2 Å². The fraction of sp³-hybridized carbons (Fsp3) is 0.625. The molecule has 0 unspecified atom stereocenters. The number of piperazine rings is 1. The Kier molecular flexibility index (Phi) is 3.86. The molecule has 1 saturated heterocycles. The highest BCUT2D eigenvalue weighted by atomic mass is 19.4. The molecule has 1 aromatic carbocycles. The van der Waals surface area contributed by atoms with E-state index in [-0.39, 0.29) is 5.54 Å². The van der Waals surface area contributed by atoms with Crippen LogP contribution in [0.4, 0.5) is 18.9 Å². The van der Waals surface area contributed by atoms with Gasteiger partial charge in [-0.05, 0) is 25.0 Å². The maximum atomic E-state index is 13.2. The van der Waals surface area contributed by atoms with Crippen LogP contribution in [0.2, 0.25) is 0 Å². The van der Waals surface area contributed by atoms with Crippen molar-refractivity contribution in [3.63, 3.8) is 0 Å². The summed E-state index contributed by atoms with van der Waals surface area (Å²) in [6.07, 6.45) is 1.42. The quantitative estimate of drug-likeness (QED) is 0.848. The molecule has 0 bridgehead atoms. The van der Waals surface area contributed by atoms with Crippen LogP contribution in [-0.2, 0) is 6.18 Å². The molecule has 0 atom stereocenters. The molecule has 0 amide bonds. The maximum absolute atomic E-state index is 13.2. The van der Waals surface area contributed by atoms with Gasteiger partial charge in [-0.25, -0.2) is 0 Å². The van der Waals surface area contributed by atoms with Gasteiger partial charge < -0.3 is 10.2 Å². The summed E-state index contributed by atoms with van der Waals surface area (Å²) >= 11 is 0. The summed E-state index contributed by atoms with van der Waals surface area (Å²) in [6.45, 7) is 2.07. The third-order valence-corrected chi connectivity index (χ3v) is 4.74. The lowest BCUT2D eigenvalue weighted by Gasteiger charge is -2.47. The molecule has 1 aliphatic carbocycles. The van der Waals surface area contributed by atoms with Crippen molar-refractivity contribution in [3.8, 4) is 0 Å². The Labute approximate surface area is 123 Å². The summed E-state index contributed by atoms with van der Waals surface area (Å²) < 4.78 is 39.6. The Morgan fingerprint density at radius 2 is 1.76 bits per heavy atom. The summed E-state index contributed by atoms with van der Waals surface area (Å²) in [5.41, 5.74) is -0.177. The van der Waals surface area contributed by atoms with E-state index in [0.717, 1.165) is 19.4 Å². The Balaban J connectivity index is 1.87. The molecule has 1 aromatic rings. The molecule has 2 fully saturated rings. The van der Waals surface area contributed by atoms with Crippen molar-refractivity contribution in [2.45, 2.75) is 43.8 Å². The first-order valence-corrected chi connectivity index (χ1v) is 7.66. The van der Waals surface area contributed by atoms with Crippen molar-refractivity contribution >= 4 is 5.69 Å². The van der Waals surface area contributed by atoms with Crippen LogP contribution in [0.15, 0.2) is 24.3 Å². The van der Waals surface area contributed by atoms with E-state index in [9.17, 15) is 13.2 Å². The SMILES string of the molecule is FC(F)(F)c1ccccc1N1CCNC2(CCCCC2)C1. The zero-order chi connectivity index (χ0) is 14.9. The molecule has 1 N–H and O–H groups in total. The zero-order valence-corrected chi connectivity index (χ0v) is 12.0. The third-order valence-electron chi connectivity index (χ3n) is 4.74. The average molecular weight is 298 g/mol. The molecule has 1 saturated carbocycles. The van der Waals surface area contributed by atoms with E-state index in [0.29, 0.717) is 18.8 Å². The van der Waals surface area contributed by atoms with Crippen molar-refractivity contribution < 1.29 is 13.2 Å². The molecule has 5 heteroatoms. The van der Waals surface area contributed by atoms with E-state index < -0.39 is 11.7 Å². The van der Waals surface area contributed by atoms with Crippen LogP contribution < -0.4 is 10.2 Å². The molecule has 1 aliphatic heterocycles.